The van der Waals surface area contributed by atoms with Gasteiger partial charge in [0.05, 0.1) is 9.71 Å². The quantitative estimate of drug-likeness (QED) is 0.623. The van der Waals surface area contributed by atoms with Crippen molar-refractivity contribution in [3.05, 3.63) is 55.7 Å². The fraction of sp³-hybridized carbons (Fsp3) is 0.167. The van der Waals surface area contributed by atoms with Gasteiger partial charge in [-0.05, 0) is 36.2 Å². The van der Waals surface area contributed by atoms with Crippen molar-refractivity contribution in [3.63, 3.8) is 0 Å². The summed E-state index contributed by atoms with van der Waals surface area (Å²) in [6.45, 7) is 1.98. The van der Waals surface area contributed by atoms with Gasteiger partial charge < -0.3 is 0 Å². The molecule has 0 bridgehead atoms. The molecule has 1 heterocycles. The third-order valence-corrected chi connectivity index (χ3v) is 4.74. The second-order valence-electron chi connectivity index (χ2n) is 3.52. The van der Waals surface area contributed by atoms with Gasteiger partial charge in [-0.25, -0.2) is 0 Å². The maximum absolute atomic E-state index is 6.38. The lowest BCUT2D eigenvalue weighted by molar-refractivity contribution is 1.18. The van der Waals surface area contributed by atoms with E-state index in [1.54, 1.807) is 0 Å². The second-order valence-corrected chi connectivity index (χ2v) is 6.08. The minimum Gasteiger partial charge on any atom is -0.126 e. The Balaban J connectivity index is 2.35. The van der Waals surface area contributed by atoms with Crippen molar-refractivity contribution in [3.8, 4) is 0 Å². The van der Waals surface area contributed by atoms with Crippen molar-refractivity contribution in [1.82, 2.24) is 0 Å². The smallest absolute Gasteiger partial charge is 0.0960 e. The Bertz CT molecular complexity index is 485. The van der Waals surface area contributed by atoms with Gasteiger partial charge in [-0.3, -0.25) is 0 Å². The molecule has 0 N–H and O–H groups in total. The molecule has 0 aliphatic rings. The van der Waals surface area contributed by atoms with Gasteiger partial charge in [-0.2, -0.15) is 0 Å². The van der Waals surface area contributed by atoms with Crippen LogP contribution in [-0.2, 0) is 0 Å². The Morgan fingerprint density at radius 1 is 1.19 bits per heavy atom. The molecule has 84 valence electrons. The summed E-state index contributed by atoms with van der Waals surface area (Å²) in [6.07, 6.45) is 0. The average Bonchev–Trinajstić information content (AvgIpc) is 2.58. The lowest BCUT2D eigenvalue weighted by Crippen LogP contribution is -1.89. The summed E-state index contributed by atoms with van der Waals surface area (Å²) < 4.78 is 0.794. The van der Waals surface area contributed by atoms with Crippen LogP contribution in [0, 0.1) is 6.92 Å². The summed E-state index contributed by atoms with van der Waals surface area (Å²) >= 11 is 19.9. The third kappa shape index (κ3) is 2.54. The molecule has 0 saturated heterocycles. The van der Waals surface area contributed by atoms with E-state index < -0.39 is 0 Å². The van der Waals surface area contributed by atoms with Crippen LogP contribution in [0.5, 0.6) is 0 Å². The van der Waals surface area contributed by atoms with E-state index in [2.05, 4.69) is 0 Å². The lowest BCUT2D eigenvalue weighted by Gasteiger charge is -2.07. The van der Waals surface area contributed by atoms with Crippen LogP contribution < -0.4 is 0 Å². The first-order valence-electron chi connectivity index (χ1n) is 4.73. The highest BCUT2D eigenvalue weighted by molar-refractivity contribution is 7.16. The van der Waals surface area contributed by atoms with Gasteiger partial charge in [-0.15, -0.1) is 22.9 Å². The van der Waals surface area contributed by atoms with Crippen LogP contribution in [0.3, 0.4) is 0 Å². The van der Waals surface area contributed by atoms with E-state index in [0.717, 1.165) is 20.3 Å². The van der Waals surface area contributed by atoms with Crippen LogP contribution >= 0.6 is 46.1 Å². The van der Waals surface area contributed by atoms with Crippen molar-refractivity contribution in [1.29, 1.82) is 0 Å². The first kappa shape index (κ1) is 12.3. The van der Waals surface area contributed by atoms with Crippen molar-refractivity contribution >= 4 is 46.1 Å². The first-order valence-corrected chi connectivity index (χ1v) is 6.74. The molecule has 1 atom stereocenters. The number of benzene rings is 1. The summed E-state index contributed by atoms with van der Waals surface area (Å²) in [6, 6.07) is 9.59. The molecule has 0 fully saturated rings. The molecule has 0 spiro atoms. The van der Waals surface area contributed by atoms with Crippen molar-refractivity contribution in [2.45, 2.75) is 12.3 Å². The highest BCUT2D eigenvalue weighted by Gasteiger charge is 2.15. The number of alkyl halides is 1. The Labute approximate surface area is 114 Å². The molecule has 4 heteroatoms. The molecule has 0 amide bonds. The maximum Gasteiger partial charge on any atom is 0.0960 e. The molecule has 0 aliphatic carbocycles. The van der Waals surface area contributed by atoms with E-state index in [4.69, 9.17) is 34.8 Å². The normalized spacial score (nSPS) is 12.8. The zero-order valence-corrected chi connectivity index (χ0v) is 11.6. The SMILES string of the molecule is Cc1cc(C(Cl)c2cccc(Cl)c2)sc1Cl. The van der Waals surface area contributed by atoms with Crippen LogP contribution in [0.1, 0.15) is 21.4 Å². The summed E-state index contributed by atoms with van der Waals surface area (Å²) in [5.41, 5.74) is 2.06. The maximum atomic E-state index is 6.38. The number of hydrogen-bond acceptors (Lipinski definition) is 1. The third-order valence-electron chi connectivity index (χ3n) is 2.27. The first-order chi connectivity index (χ1) is 7.58. The predicted molar refractivity (Wildman–Crippen MR) is 73.2 cm³/mol. The number of rotatable bonds is 2. The van der Waals surface area contributed by atoms with E-state index in [1.807, 2.05) is 37.3 Å². The molecule has 1 aromatic carbocycles. The zero-order valence-electron chi connectivity index (χ0n) is 8.51. The van der Waals surface area contributed by atoms with E-state index in [-0.39, 0.29) is 5.38 Å². The molecule has 0 radical (unpaired) electrons. The van der Waals surface area contributed by atoms with Crippen LogP contribution in [0.4, 0.5) is 0 Å². The summed E-state index contributed by atoms with van der Waals surface area (Å²) in [7, 11) is 0. The number of thiophene rings is 1. The van der Waals surface area contributed by atoms with Gasteiger partial charge in [0.25, 0.3) is 0 Å². The van der Waals surface area contributed by atoms with Gasteiger partial charge in [0.15, 0.2) is 0 Å². The molecular formula is C12H9Cl3S. The second kappa shape index (κ2) is 4.97. The van der Waals surface area contributed by atoms with E-state index in [9.17, 15) is 0 Å². The zero-order chi connectivity index (χ0) is 11.7. The molecule has 0 aliphatic heterocycles. The molecule has 0 nitrogen and oxygen atoms in total. The summed E-state index contributed by atoms with van der Waals surface area (Å²) in [5.74, 6) is 0. The van der Waals surface area contributed by atoms with Crippen molar-refractivity contribution in [2.24, 2.45) is 0 Å². The highest BCUT2D eigenvalue weighted by Crippen LogP contribution is 2.38. The number of hydrogen-bond donors (Lipinski definition) is 0. The average molecular weight is 292 g/mol. The summed E-state index contributed by atoms with van der Waals surface area (Å²) in [5, 5.41) is 0.512. The Morgan fingerprint density at radius 2 is 1.94 bits per heavy atom. The molecule has 16 heavy (non-hydrogen) atoms. The monoisotopic (exact) mass is 290 g/mol. The molecule has 0 saturated carbocycles. The van der Waals surface area contributed by atoms with Crippen LogP contribution in [0.15, 0.2) is 30.3 Å². The van der Waals surface area contributed by atoms with Crippen molar-refractivity contribution < 1.29 is 0 Å². The Kier molecular flexibility index (Phi) is 3.81. The highest BCUT2D eigenvalue weighted by atomic mass is 35.5. The fourth-order valence-electron chi connectivity index (χ4n) is 1.44. The van der Waals surface area contributed by atoms with Crippen LogP contribution in [0.2, 0.25) is 9.36 Å². The van der Waals surface area contributed by atoms with Crippen LogP contribution in [0.25, 0.3) is 0 Å². The minimum absolute atomic E-state index is 0.185. The van der Waals surface area contributed by atoms with Crippen LogP contribution in [-0.4, -0.2) is 0 Å². The number of halogens is 3. The standard InChI is InChI=1S/C12H9Cl3S/c1-7-5-10(16-12(7)15)11(14)8-3-2-4-9(13)6-8/h2-6,11H,1H3. The molecule has 2 rings (SSSR count). The number of aryl methyl sites for hydroxylation is 1. The van der Waals surface area contributed by atoms with Gasteiger partial charge >= 0.3 is 0 Å². The van der Waals surface area contributed by atoms with Crippen molar-refractivity contribution in [2.75, 3.05) is 0 Å². The largest absolute Gasteiger partial charge is 0.126 e. The Hall–Kier alpha value is -0.210. The van der Waals surface area contributed by atoms with E-state index >= 15 is 0 Å². The molecule has 1 aromatic heterocycles. The van der Waals surface area contributed by atoms with E-state index in [1.165, 1.54) is 11.3 Å². The Morgan fingerprint density at radius 3 is 2.50 bits per heavy atom. The van der Waals surface area contributed by atoms with Gasteiger partial charge in [0.2, 0.25) is 0 Å². The van der Waals surface area contributed by atoms with E-state index in [0.29, 0.717) is 5.02 Å². The lowest BCUT2D eigenvalue weighted by atomic mass is 10.1. The topological polar surface area (TPSA) is 0 Å². The molecule has 1 unspecified atom stereocenters. The molecular weight excluding hydrogens is 283 g/mol. The minimum atomic E-state index is -0.185. The van der Waals surface area contributed by atoms with Gasteiger partial charge in [-0.1, -0.05) is 35.3 Å². The fourth-order valence-corrected chi connectivity index (χ4v) is 3.19. The summed E-state index contributed by atoms with van der Waals surface area (Å²) in [4.78, 5) is 1.05. The van der Waals surface area contributed by atoms with Gasteiger partial charge in [0.1, 0.15) is 0 Å². The van der Waals surface area contributed by atoms with Gasteiger partial charge in [0, 0.05) is 9.90 Å². The molecule has 2 aromatic rings. The predicted octanol–water partition coefficient (Wildman–Crippen LogP) is 5.69.